The van der Waals surface area contributed by atoms with Crippen LogP contribution in [0.1, 0.15) is 38.3 Å². The highest BCUT2D eigenvalue weighted by Crippen LogP contribution is 2.31. The van der Waals surface area contributed by atoms with E-state index in [2.05, 4.69) is 0 Å². The number of nitrogens with zero attached hydrogens (tertiary/aromatic N) is 1. The van der Waals surface area contributed by atoms with Gasteiger partial charge in [0.15, 0.2) is 9.84 Å². The fourth-order valence-electron chi connectivity index (χ4n) is 3.27. The number of rotatable bonds is 4. The summed E-state index contributed by atoms with van der Waals surface area (Å²) in [5, 5.41) is 0. The van der Waals surface area contributed by atoms with Crippen molar-refractivity contribution in [1.82, 2.24) is 0 Å². The van der Waals surface area contributed by atoms with E-state index < -0.39 is 15.7 Å². The molecule has 2 amide bonds. The molecule has 1 aliphatic heterocycles. The Bertz CT molecular complexity index is 966. The molecule has 0 atom stereocenters. The smallest absolute Gasteiger partial charge is 0.258 e. The molecule has 1 heterocycles. The molecule has 0 bridgehead atoms. The SMILES string of the molecule is CS(=O)(=O)Cc1ccc(C(=O)N2CCCc3c(C(N)=O)cccc32)cc1. The highest BCUT2D eigenvalue weighted by molar-refractivity contribution is 7.89. The van der Waals surface area contributed by atoms with E-state index in [1.165, 1.54) is 6.26 Å². The molecule has 0 radical (unpaired) electrons. The van der Waals surface area contributed by atoms with E-state index >= 15 is 0 Å². The fourth-order valence-corrected chi connectivity index (χ4v) is 4.07. The number of hydrogen-bond donors (Lipinski definition) is 1. The first-order valence-corrected chi connectivity index (χ1v) is 10.3. The fraction of sp³-hybridized carbons (Fsp3) is 0.263. The van der Waals surface area contributed by atoms with Crippen molar-refractivity contribution in [2.45, 2.75) is 18.6 Å². The molecule has 2 aromatic rings. The summed E-state index contributed by atoms with van der Waals surface area (Å²) in [6.07, 6.45) is 2.62. The van der Waals surface area contributed by atoms with Crippen LogP contribution in [0, 0.1) is 0 Å². The normalized spacial score (nSPS) is 14.0. The van der Waals surface area contributed by atoms with Crippen molar-refractivity contribution in [2.24, 2.45) is 5.73 Å². The van der Waals surface area contributed by atoms with Crippen molar-refractivity contribution in [3.05, 3.63) is 64.7 Å². The van der Waals surface area contributed by atoms with Gasteiger partial charge in [0.25, 0.3) is 5.91 Å². The summed E-state index contributed by atoms with van der Waals surface area (Å²) in [7, 11) is -3.12. The first-order valence-electron chi connectivity index (χ1n) is 8.26. The maximum atomic E-state index is 12.9. The van der Waals surface area contributed by atoms with Gasteiger partial charge in [-0.25, -0.2) is 8.42 Å². The van der Waals surface area contributed by atoms with E-state index in [1.807, 2.05) is 6.07 Å². The Kier molecular flexibility index (Phi) is 4.82. The molecule has 1 aliphatic rings. The van der Waals surface area contributed by atoms with E-state index in [-0.39, 0.29) is 11.7 Å². The topological polar surface area (TPSA) is 97.5 Å². The molecule has 0 saturated carbocycles. The molecular formula is C19H20N2O4S. The van der Waals surface area contributed by atoms with Crippen LogP contribution in [0.4, 0.5) is 5.69 Å². The Morgan fingerprint density at radius 3 is 2.42 bits per heavy atom. The molecule has 0 saturated heterocycles. The van der Waals surface area contributed by atoms with E-state index in [0.717, 1.165) is 12.0 Å². The van der Waals surface area contributed by atoms with Crippen molar-refractivity contribution in [2.75, 3.05) is 17.7 Å². The van der Waals surface area contributed by atoms with Gasteiger partial charge in [-0.2, -0.15) is 0 Å². The third-order valence-corrected chi connectivity index (χ3v) is 5.25. The predicted molar refractivity (Wildman–Crippen MR) is 99.9 cm³/mol. The minimum Gasteiger partial charge on any atom is -0.366 e. The third kappa shape index (κ3) is 3.77. The molecule has 3 rings (SSSR count). The van der Waals surface area contributed by atoms with Gasteiger partial charge in [-0.3, -0.25) is 9.59 Å². The number of sulfone groups is 1. The van der Waals surface area contributed by atoms with Crippen molar-refractivity contribution in [3.8, 4) is 0 Å². The highest BCUT2D eigenvalue weighted by Gasteiger charge is 2.26. The summed E-state index contributed by atoms with van der Waals surface area (Å²) in [6.45, 7) is 0.555. The van der Waals surface area contributed by atoms with Gasteiger partial charge in [0.1, 0.15) is 0 Å². The summed E-state index contributed by atoms with van der Waals surface area (Å²) in [5.74, 6) is -0.740. The highest BCUT2D eigenvalue weighted by atomic mass is 32.2. The Morgan fingerprint density at radius 1 is 1.12 bits per heavy atom. The van der Waals surface area contributed by atoms with Crippen LogP contribution < -0.4 is 10.6 Å². The summed E-state index contributed by atoms with van der Waals surface area (Å²) >= 11 is 0. The maximum absolute atomic E-state index is 12.9. The van der Waals surface area contributed by atoms with E-state index in [0.29, 0.717) is 35.3 Å². The van der Waals surface area contributed by atoms with Crippen LogP contribution in [-0.2, 0) is 22.0 Å². The van der Waals surface area contributed by atoms with Crippen LogP contribution in [-0.4, -0.2) is 33.0 Å². The second kappa shape index (κ2) is 6.92. The van der Waals surface area contributed by atoms with E-state index in [1.54, 1.807) is 41.3 Å². The Morgan fingerprint density at radius 2 is 1.81 bits per heavy atom. The zero-order valence-electron chi connectivity index (χ0n) is 14.4. The first kappa shape index (κ1) is 18.1. The number of nitrogens with two attached hydrogens (primary N) is 1. The van der Waals surface area contributed by atoms with Crippen LogP contribution in [0.3, 0.4) is 0 Å². The van der Waals surface area contributed by atoms with Crippen molar-refractivity contribution in [1.29, 1.82) is 0 Å². The van der Waals surface area contributed by atoms with Gasteiger partial charge in [0.2, 0.25) is 5.91 Å². The molecule has 0 spiro atoms. The minimum absolute atomic E-state index is 0.0595. The van der Waals surface area contributed by atoms with Gasteiger partial charge in [-0.15, -0.1) is 0 Å². The van der Waals surface area contributed by atoms with Crippen LogP contribution >= 0.6 is 0 Å². The summed E-state index contributed by atoms with van der Waals surface area (Å²) in [6, 6.07) is 11.8. The van der Waals surface area contributed by atoms with Crippen molar-refractivity contribution in [3.63, 3.8) is 0 Å². The number of benzene rings is 2. The average Bonchev–Trinajstić information content (AvgIpc) is 2.59. The zero-order chi connectivity index (χ0) is 18.9. The molecule has 26 heavy (non-hydrogen) atoms. The van der Waals surface area contributed by atoms with Crippen LogP contribution in [0.25, 0.3) is 0 Å². The zero-order valence-corrected chi connectivity index (χ0v) is 15.3. The second-order valence-electron chi connectivity index (χ2n) is 6.49. The number of primary amides is 1. The van der Waals surface area contributed by atoms with Crippen LogP contribution in [0.15, 0.2) is 42.5 Å². The molecule has 2 aromatic carbocycles. The molecule has 7 heteroatoms. The number of anilines is 1. The number of carbonyl (C=O) groups excluding carboxylic acids is 2. The Hall–Kier alpha value is -2.67. The first-order chi connectivity index (χ1) is 12.3. The van der Waals surface area contributed by atoms with Crippen molar-refractivity contribution < 1.29 is 18.0 Å². The third-order valence-electron chi connectivity index (χ3n) is 4.39. The minimum atomic E-state index is -3.12. The molecule has 2 N–H and O–H groups in total. The summed E-state index contributed by atoms with van der Waals surface area (Å²) in [4.78, 5) is 26.2. The molecule has 0 unspecified atom stereocenters. The Labute approximate surface area is 152 Å². The van der Waals surface area contributed by atoms with Crippen molar-refractivity contribution >= 4 is 27.3 Å². The van der Waals surface area contributed by atoms with E-state index in [4.69, 9.17) is 5.73 Å². The van der Waals surface area contributed by atoms with E-state index in [9.17, 15) is 18.0 Å². The molecule has 0 aromatic heterocycles. The van der Waals surface area contributed by atoms with Gasteiger partial charge in [-0.1, -0.05) is 18.2 Å². The summed E-state index contributed by atoms with van der Waals surface area (Å²) < 4.78 is 22.8. The monoisotopic (exact) mass is 372 g/mol. The number of amides is 2. The predicted octanol–water partition coefficient (Wildman–Crippen LogP) is 1.92. The lowest BCUT2D eigenvalue weighted by molar-refractivity contribution is 0.0977. The quantitative estimate of drug-likeness (QED) is 0.886. The molecule has 0 fully saturated rings. The van der Waals surface area contributed by atoms with Gasteiger partial charge >= 0.3 is 0 Å². The maximum Gasteiger partial charge on any atom is 0.258 e. The number of fused-ring (bicyclic) bond motifs is 1. The molecular weight excluding hydrogens is 352 g/mol. The lowest BCUT2D eigenvalue weighted by Crippen LogP contribution is -2.36. The average molecular weight is 372 g/mol. The van der Waals surface area contributed by atoms with Gasteiger partial charge < -0.3 is 10.6 Å². The molecule has 0 aliphatic carbocycles. The standard InChI is InChI=1S/C19H20N2O4S/c1-26(24,25)12-13-7-9-14(10-8-13)19(23)21-11-3-5-15-16(18(20)22)4-2-6-17(15)21/h2,4,6-10H,3,5,11-12H2,1H3,(H2,20,22). The number of hydrogen-bond acceptors (Lipinski definition) is 4. The van der Waals surface area contributed by atoms with Gasteiger partial charge in [0, 0.05) is 29.6 Å². The van der Waals surface area contributed by atoms with Gasteiger partial charge in [-0.05, 0) is 48.2 Å². The second-order valence-corrected chi connectivity index (χ2v) is 8.64. The Balaban J connectivity index is 1.90. The molecule has 136 valence electrons. The van der Waals surface area contributed by atoms with Crippen LogP contribution in [0.5, 0.6) is 0 Å². The lowest BCUT2D eigenvalue weighted by Gasteiger charge is -2.30. The van der Waals surface area contributed by atoms with Gasteiger partial charge in [0.05, 0.1) is 5.75 Å². The largest absolute Gasteiger partial charge is 0.366 e. The number of carbonyl (C=O) groups is 2. The summed E-state index contributed by atoms with van der Waals surface area (Å²) in [5.41, 5.74) is 8.51. The van der Waals surface area contributed by atoms with Crippen LogP contribution in [0.2, 0.25) is 0 Å². The molecule has 6 nitrogen and oxygen atoms in total. The lowest BCUT2D eigenvalue weighted by atomic mass is 9.95.